The quantitative estimate of drug-likeness (QED) is 0.267. The van der Waals surface area contributed by atoms with Gasteiger partial charge < -0.3 is 19.1 Å². The van der Waals surface area contributed by atoms with Crippen LogP contribution in [0.5, 0.6) is 0 Å². The third kappa shape index (κ3) is 9.32. The summed E-state index contributed by atoms with van der Waals surface area (Å²) in [6.07, 6.45) is 11.1. The van der Waals surface area contributed by atoms with Crippen molar-refractivity contribution < 1.29 is 27.5 Å². The summed E-state index contributed by atoms with van der Waals surface area (Å²) in [7, 11) is -3.93. The second-order valence-corrected chi connectivity index (χ2v) is 8.35. The lowest BCUT2D eigenvalue weighted by molar-refractivity contribution is -0.635. The molecule has 0 aliphatic heterocycles. The van der Waals surface area contributed by atoms with Gasteiger partial charge in [0.1, 0.15) is 0 Å². The number of unbranched alkanes of at least 4 members (excludes halogenated alkanes) is 6. The Morgan fingerprint density at radius 1 is 0.875 bits per heavy atom. The fourth-order valence-electron chi connectivity index (χ4n) is 3.08. The normalized spacial score (nSPS) is 21.9. The van der Waals surface area contributed by atoms with Crippen LogP contribution in [0.4, 0.5) is 0 Å². The Balaban J connectivity index is 1.91. The molecule has 7 heteroatoms. The fourth-order valence-corrected chi connectivity index (χ4v) is 4.04. The summed E-state index contributed by atoms with van der Waals surface area (Å²) in [4.78, 5) is 0. The van der Waals surface area contributed by atoms with Gasteiger partial charge >= 0.3 is 0 Å². The van der Waals surface area contributed by atoms with Gasteiger partial charge in [0, 0.05) is 6.61 Å². The van der Waals surface area contributed by atoms with Crippen LogP contribution >= 0.6 is 0 Å². The topological polar surface area (TPSA) is 84.9 Å². The molecule has 144 valence electrons. The molecular formula is C17H33O6S-. The number of ether oxygens (including phenoxy) is 2. The summed E-state index contributed by atoms with van der Waals surface area (Å²) in [5.74, 6) is 0. The molecule has 6 nitrogen and oxygen atoms in total. The molecular weight excluding hydrogens is 332 g/mol. The van der Waals surface area contributed by atoms with Crippen LogP contribution in [0.15, 0.2) is 0 Å². The van der Waals surface area contributed by atoms with E-state index in [9.17, 15) is 13.7 Å². The van der Waals surface area contributed by atoms with E-state index in [2.05, 4.69) is 11.3 Å². The predicted octanol–water partition coefficient (Wildman–Crippen LogP) is 2.70. The summed E-state index contributed by atoms with van der Waals surface area (Å²) in [5.41, 5.74) is 0. The van der Waals surface area contributed by atoms with Crippen LogP contribution in [0.2, 0.25) is 0 Å². The Labute approximate surface area is 146 Å². The molecule has 1 aliphatic rings. The molecule has 0 N–H and O–H groups in total. The minimum atomic E-state index is -3.93. The summed E-state index contributed by atoms with van der Waals surface area (Å²) < 4.78 is 37.3. The number of rotatable bonds is 14. The van der Waals surface area contributed by atoms with E-state index in [4.69, 9.17) is 9.47 Å². The third-order valence-corrected chi connectivity index (χ3v) is 6.08. The van der Waals surface area contributed by atoms with Crippen molar-refractivity contribution in [1.29, 1.82) is 0 Å². The summed E-state index contributed by atoms with van der Waals surface area (Å²) >= 11 is 0. The maximum Gasteiger partial charge on any atom is 0.261 e. The molecule has 1 fully saturated rings. The van der Waals surface area contributed by atoms with Gasteiger partial charge in [-0.1, -0.05) is 45.4 Å². The van der Waals surface area contributed by atoms with E-state index in [1.54, 1.807) is 0 Å². The zero-order valence-electron chi connectivity index (χ0n) is 14.9. The summed E-state index contributed by atoms with van der Waals surface area (Å²) in [6.45, 7) is 4.13. The monoisotopic (exact) mass is 365 g/mol. The highest BCUT2D eigenvalue weighted by atomic mass is 32.2. The molecule has 0 heterocycles. The van der Waals surface area contributed by atoms with Crippen molar-refractivity contribution >= 4 is 10.1 Å². The number of hydrogen-bond acceptors (Lipinski definition) is 6. The molecule has 0 radical (unpaired) electrons. The molecule has 0 aromatic carbocycles. The van der Waals surface area contributed by atoms with Gasteiger partial charge in [-0.3, -0.25) is 0 Å². The zero-order valence-corrected chi connectivity index (χ0v) is 15.7. The van der Waals surface area contributed by atoms with Crippen molar-refractivity contribution in [1.82, 2.24) is 0 Å². The Bertz CT molecular complexity index is 390. The lowest BCUT2D eigenvalue weighted by Crippen LogP contribution is -2.34. The smallest absolute Gasteiger partial charge is 0.261 e. The Hall–Kier alpha value is -0.210. The largest absolute Gasteiger partial charge is 0.707 e. The van der Waals surface area contributed by atoms with Gasteiger partial charge in [0.25, 0.3) is 10.1 Å². The van der Waals surface area contributed by atoms with E-state index in [0.29, 0.717) is 38.9 Å². The van der Waals surface area contributed by atoms with E-state index in [1.807, 2.05) is 0 Å². The van der Waals surface area contributed by atoms with Crippen LogP contribution < -0.4 is 5.26 Å². The van der Waals surface area contributed by atoms with Gasteiger partial charge in [0.15, 0.2) is 0 Å². The minimum Gasteiger partial charge on any atom is -0.707 e. The van der Waals surface area contributed by atoms with Crippen LogP contribution in [0, 0.1) is 0 Å². The van der Waals surface area contributed by atoms with Crippen molar-refractivity contribution in [2.45, 2.75) is 88.9 Å². The summed E-state index contributed by atoms with van der Waals surface area (Å²) in [5, 5.41) is 9.50. The third-order valence-electron chi connectivity index (χ3n) is 4.60. The van der Waals surface area contributed by atoms with Crippen molar-refractivity contribution in [2.75, 3.05) is 19.8 Å². The molecule has 0 saturated heterocycles. The molecule has 0 unspecified atom stereocenters. The van der Waals surface area contributed by atoms with Crippen LogP contribution in [-0.4, -0.2) is 39.6 Å². The van der Waals surface area contributed by atoms with Crippen molar-refractivity contribution in [3.63, 3.8) is 0 Å². The molecule has 0 aromatic heterocycles. The van der Waals surface area contributed by atoms with Gasteiger partial charge in [-0.15, -0.1) is 0 Å². The maximum atomic E-state index is 11.3. The van der Waals surface area contributed by atoms with E-state index in [0.717, 1.165) is 13.0 Å². The van der Waals surface area contributed by atoms with E-state index >= 15 is 0 Å². The zero-order chi connectivity index (χ0) is 17.7. The Kier molecular flexibility index (Phi) is 11.9. The standard InChI is InChI=1S/C17H34O6S/c1-2-3-4-5-6-7-8-13-21-14-15-22-16-9-11-17(12-10-16)24(19,20)23-18/h16-18H,2-15H2,1H3/p-1. The van der Waals surface area contributed by atoms with Crippen LogP contribution in [0.25, 0.3) is 0 Å². The first-order valence-electron chi connectivity index (χ1n) is 9.34. The Morgan fingerprint density at radius 3 is 2.12 bits per heavy atom. The first-order valence-corrected chi connectivity index (χ1v) is 10.8. The lowest BCUT2D eigenvalue weighted by atomic mass is 9.97. The minimum absolute atomic E-state index is 0.0604. The first-order chi connectivity index (χ1) is 11.6. The highest BCUT2D eigenvalue weighted by Crippen LogP contribution is 2.26. The van der Waals surface area contributed by atoms with Crippen LogP contribution in [0.3, 0.4) is 0 Å². The molecule has 1 aliphatic carbocycles. The molecule has 24 heavy (non-hydrogen) atoms. The predicted molar refractivity (Wildman–Crippen MR) is 90.8 cm³/mol. The van der Waals surface area contributed by atoms with E-state index in [1.165, 1.54) is 38.5 Å². The first kappa shape index (κ1) is 21.8. The highest BCUT2D eigenvalue weighted by Gasteiger charge is 2.30. The average Bonchev–Trinajstić information content (AvgIpc) is 2.60. The fraction of sp³-hybridized carbons (Fsp3) is 1.00. The second kappa shape index (κ2) is 13.1. The highest BCUT2D eigenvalue weighted by molar-refractivity contribution is 7.87. The second-order valence-electron chi connectivity index (χ2n) is 6.56. The molecule has 1 rings (SSSR count). The van der Waals surface area contributed by atoms with E-state index in [-0.39, 0.29) is 6.10 Å². The summed E-state index contributed by atoms with van der Waals surface area (Å²) in [6, 6.07) is 0. The number of hydrogen-bond donors (Lipinski definition) is 0. The molecule has 1 saturated carbocycles. The maximum absolute atomic E-state index is 11.3. The lowest BCUT2D eigenvalue weighted by Gasteiger charge is -2.28. The van der Waals surface area contributed by atoms with Crippen molar-refractivity contribution in [2.24, 2.45) is 0 Å². The van der Waals surface area contributed by atoms with Crippen molar-refractivity contribution in [3.8, 4) is 0 Å². The molecule has 0 spiro atoms. The van der Waals surface area contributed by atoms with Gasteiger partial charge in [0.05, 0.1) is 24.6 Å². The molecule has 0 atom stereocenters. The molecule has 0 aromatic rings. The van der Waals surface area contributed by atoms with E-state index < -0.39 is 15.4 Å². The van der Waals surface area contributed by atoms with Gasteiger partial charge in [0.2, 0.25) is 0 Å². The van der Waals surface area contributed by atoms with Crippen molar-refractivity contribution in [3.05, 3.63) is 0 Å². The molecule has 0 bridgehead atoms. The van der Waals surface area contributed by atoms with Gasteiger partial charge in [-0.2, -0.15) is 8.42 Å². The van der Waals surface area contributed by atoms with Crippen LogP contribution in [-0.2, 0) is 23.9 Å². The SMILES string of the molecule is CCCCCCCCCOCCOC1CCC(S(=O)(=O)O[O-])CC1. The van der Waals surface area contributed by atoms with Gasteiger partial charge in [-0.25, -0.2) is 0 Å². The van der Waals surface area contributed by atoms with Gasteiger partial charge in [-0.05, 0) is 32.1 Å². The van der Waals surface area contributed by atoms with Crippen LogP contribution in [0.1, 0.15) is 77.6 Å². The average molecular weight is 366 g/mol. The molecule has 0 amide bonds. The Morgan fingerprint density at radius 2 is 1.50 bits per heavy atom.